The maximum Gasteiger partial charge on any atom is 0.0779 e. The first-order valence-corrected chi connectivity index (χ1v) is 5.75. The number of hydrogen-bond donors (Lipinski definition) is 1. The van der Waals surface area contributed by atoms with Gasteiger partial charge in [0.05, 0.1) is 11.7 Å². The lowest BCUT2D eigenvalue weighted by Gasteiger charge is -2.24. The Morgan fingerprint density at radius 3 is 2.93 bits per heavy atom. The molecule has 82 valence electrons. The highest BCUT2D eigenvalue weighted by atomic mass is 16.5. The van der Waals surface area contributed by atoms with Crippen LogP contribution in [-0.4, -0.2) is 38.0 Å². The molecule has 2 aliphatic rings. The average Bonchev–Trinajstić information content (AvgIpc) is 2.77. The summed E-state index contributed by atoms with van der Waals surface area (Å²) in [4.78, 5) is 0. The first kappa shape index (κ1) is 10.4. The van der Waals surface area contributed by atoms with E-state index in [1.54, 1.807) is 0 Å². The van der Waals surface area contributed by atoms with Crippen molar-refractivity contribution in [3.8, 4) is 0 Å². The van der Waals surface area contributed by atoms with Gasteiger partial charge in [0.25, 0.3) is 0 Å². The van der Waals surface area contributed by atoms with Gasteiger partial charge in [0.2, 0.25) is 0 Å². The lowest BCUT2D eigenvalue weighted by Crippen LogP contribution is -2.40. The lowest BCUT2D eigenvalue weighted by molar-refractivity contribution is 0.0174. The third kappa shape index (κ3) is 2.69. The average molecular weight is 199 g/mol. The lowest BCUT2D eigenvalue weighted by atomic mass is 10.0. The smallest absolute Gasteiger partial charge is 0.0779 e. The first-order valence-electron chi connectivity index (χ1n) is 5.75. The molecule has 1 N–H and O–H groups in total. The molecular weight excluding hydrogens is 178 g/mol. The molecule has 2 rings (SSSR count). The number of ether oxygens (including phenoxy) is 2. The molecule has 0 amide bonds. The minimum absolute atomic E-state index is 0.0819. The summed E-state index contributed by atoms with van der Waals surface area (Å²) < 4.78 is 11.2. The zero-order valence-electron chi connectivity index (χ0n) is 9.05. The van der Waals surface area contributed by atoms with Gasteiger partial charge in [0, 0.05) is 26.3 Å². The van der Waals surface area contributed by atoms with Gasteiger partial charge in [-0.3, -0.25) is 0 Å². The van der Waals surface area contributed by atoms with Crippen LogP contribution in [0.5, 0.6) is 0 Å². The van der Waals surface area contributed by atoms with Gasteiger partial charge in [-0.1, -0.05) is 0 Å². The summed E-state index contributed by atoms with van der Waals surface area (Å²) in [6, 6.07) is 0. The quantitative estimate of drug-likeness (QED) is 0.741. The summed E-state index contributed by atoms with van der Waals surface area (Å²) in [6.45, 7) is 6.02. The summed E-state index contributed by atoms with van der Waals surface area (Å²) in [5.74, 6) is 0. The highest BCUT2D eigenvalue weighted by Crippen LogP contribution is 2.24. The summed E-state index contributed by atoms with van der Waals surface area (Å²) in [5, 5.41) is 3.46. The molecule has 2 saturated heterocycles. The van der Waals surface area contributed by atoms with Crippen LogP contribution in [0, 0.1) is 0 Å². The van der Waals surface area contributed by atoms with E-state index in [0.29, 0.717) is 6.10 Å². The minimum Gasteiger partial charge on any atom is -0.377 e. The highest BCUT2D eigenvalue weighted by Gasteiger charge is 2.29. The Morgan fingerprint density at radius 1 is 1.36 bits per heavy atom. The standard InChI is InChI=1S/C11H21NO2/c1-11(5-3-7-14-11)9-12-8-10-4-2-6-13-10/h10,12H,2-9H2,1H3. The molecule has 0 aromatic carbocycles. The number of hydrogen-bond acceptors (Lipinski definition) is 3. The SMILES string of the molecule is CC1(CNCC2CCCO2)CCCO1. The van der Waals surface area contributed by atoms with Crippen LogP contribution in [-0.2, 0) is 9.47 Å². The van der Waals surface area contributed by atoms with E-state index in [2.05, 4.69) is 12.2 Å². The molecule has 0 aromatic rings. The zero-order chi connectivity index (χ0) is 9.86. The maximum absolute atomic E-state index is 5.70. The van der Waals surface area contributed by atoms with Crippen LogP contribution in [0.15, 0.2) is 0 Å². The van der Waals surface area contributed by atoms with Gasteiger partial charge in [-0.25, -0.2) is 0 Å². The van der Waals surface area contributed by atoms with Crippen molar-refractivity contribution in [3.05, 3.63) is 0 Å². The minimum atomic E-state index is 0.0819. The van der Waals surface area contributed by atoms with Crippen molar-refractivity contribution >= 4 is 0 Å². The zero-order valence-corrected chi connectivity index (χ0v) is 9.05. The Morgan fingerprint density at radius 2 is 2.29 bits per heavy atom. The largest absolute Gasteiger partial charge is 0.377 e. The summed E-state index contributed by atoms with van der Waals surface area (Å²) in [6.07, 6.45) is 5.27. The van der Waals surface area contributed by atoms with Gasteiger partial charge in [-0.05, 0) is 32.6 Å². The third-order valence-corrected chi connectivity index (χ3v) is 3.20. The predicted molar refractivity (Wildman–Crippen MR) is 55.4 cm³/mol. The van der Waals surface area contributed by atoms with E-state index in [1.165, 1.54) is 25.7 Å². The summed E-state index contributed by atoms with van der Waals surface area (Å²) in [7, 11) is 0. The van der Waals surface area contributed by atoms with Crippen molar-refractivity contribution in [1.29, 1.82) is 0 Å². The van der Waals surface area contributed by atoms with E-state index >= 15 is 0 Å². The van der Waals surface area contributed by atoms with Crippen molar-refractivity contribution in [1.82, 2.24) is 5.32 Å². The molecule has 3 nitrogen and oxygen atoms in total. The monoisotopic (exact) mass is 199 g/mol. The third-order valence-electron chi connectivity index (χ3n) is 3.20. The van der Waals surface area contributed by atoms with Crippen LogP contribution < -0.4 is 5.32 Å². The van der Waals surface area contributed by atoms with Crippen LogP contribution >= 0.6 is 0 Å². The van der Waals surface area contributed by atoms with Crippen molar-refractivity contribution in [2.75, 3.05) is 26.3 Å². The van der Waals surface area contributed by atoms with E-state index in [9.17, 15) is 0 Å². The van der Waals surface area contributed by atoms with Crippen LogP contribution in [0.2, 0.25) is 0 Å². The van der Waals surface area contributed by atoms with E-state index < -0.39 is 0 Å². The Balaban J connectivity index is 1.61. The first-order chi connectivity index (χ1) is 6.79. The van der Waals surface area contributed by atoms with Gasteiger partial charge in [0.1, 0.15) is 0 Å². The van der Waals surface area contributed by atoms with E-state index in [-0.39, 0.29) is 5.60 Å². The molecule has 2 unspecified atom stereocenters. The molecule has 3 heteroatoms. The van der Waals surface area contributed by atoms with Gasteiger partial charge in [-0.15, -0.1) is 0 Å². The molecule has 0 aromatic heterocycles. The molecule has 0 spiro atoms. The molecule has 14 heavy (non-hydrogen) atoms. The fourth-order valence-electron chi connectivity index (χ4n) is 2.28. The Hall–Kier alpha value is -0.120. The van der Waals surface area contributed by atoms with Crippen molar-refractivity contribution in [2.24, 2.45) is 0 Å². The summed E-state index contributed by atoms with van der Waals surface area (Å²) >= 11 is 0. The fourth-order valence-corrected chi connectivity index (χ4v) is 2.28. The van der Waals surface area contributed by atoms with Gasteiger partial charge in [0.15, 0.2) is 0 Å². The molecular formula is C11H21NO2. The van der Waals surface area contributed by atoms with Gasteiger partial charge >= 0.3 is 0 Å². The maximum atomic E-state index is 5.70. The second-order valence-corrected chi connectivity index (χ2v) is 4.67. The molecule has 2 atom stereocenters. The van der Waals surface area contributed by atoms with E-state index in [4.69, 9.17) is 9.47 Å². The second kappa shape index (κ2) is 4.60. The summed E-state index contributed by atoms with van der Waals surface area (Å²) in [5.41, 5.74) is 0.0819. The van der Waals surface area contributed by atoms with Crippen molar-refractivity contribution < 1.29 is 9.47 Å². The molecule has 2 aliphatic heterocycles. The Bertz CT molecular complexity index is 172. The van der Waals surface area contributed by atoms with Gasteiger partial charge < -0.3 is 14.8 Å². The fraction of sp³-hybridized carbons (Fsp3) is 1.00. The van der Waals surface area contributed by atoms with E-state index in [0.717, 1.165) is 26.3 Å². The van der Waals surface area contributed by atoms with Crippen LogP contribution in [0.3, 0.4) is 0 Å². The molecule has 2 heterocycles. The molecule has 0 bridgehead atoms. The van der Waals surface area contributed by atoms with E-state index in [1.807, 2.05) is 0 Å². The van der Waals surface area contributed by atoms with Crippen molar-refractivity contribution in [3.63, 3.8) is 0 Å². The molecule has 0 saturated carbocycles. The Labute approximate surface area is 86.2 Å². The molecule has 2 fully saturated rings. The second-order valence-electron chi connectivity index (χ2n) is 4.67. The molecule has 0 aliphatic carbocycles. The number of rotatable bonds is 4. The molecule has 0 radical (unpaired) electrons. The topological polar surface area (TPSA) is 30.5 Å². The van der Waals surface area contributed by atoms with Crippen LogP contribution in [0.4, 0.5) is 0 Å². The Kier molecular flexibility index (Phi) is 3.42. The van der Waals surface area contributed by atoms with Crippen LogP contribution in [0.1, 0.15) is 32.6 Å². The van der Waals surface area contributed by atoms with Gasteiger partial charge in [-0.2, -0.15) is 0 Å². The number of nitrogens with one attached hydrogen (secondary N) is 1. The highest BCUT2D eigenvalue weighted by molar-refractivity contribution is 4.83. The van der Waals surface area contributed by atoms with Crippen molar-refractivity contribution in [2.45, 2.75) is 44.3 Å². The predicted octanol–water partition coefficient (Wildman–Crippen LogP) is 1.32. The normalized spacial score (nSPS) is 37.9. The van der Waals surface area contributed by atoms with Crippen LogP contribution in [0.25, 0.3) is 0 Å².